The number of amides is 3. The van der Waals surface area contributed by atoms with Crippen molar-refractivity contribution in [2.75, 3.05) is 12.8 Å². The molecule has 216 valence electrons. The molecule has 2 aromatic heterocycles. The second-order valence-corrected chi connectivity index (χ2v) is 12.7. The van der Waals surface area contributed by atoms with Crippen LogP contribution in [0.1, 0.15) is 49.9 Å². The van der Waals surface area contributed by atoms with Crippen LogP contribution >= 0.6 is 0 Å². The van der Waals surface area contributed by atoms with E-state index < -0.39 is 51.1 Å². The molecule has 41 heavy (non-hydrogen) atoms. The minimum atomic E-state index is -3.64. The first kappa shape index (κ1) is 29.6. The highest BCUT2D eigenvalue weighted by atomic mass is 32.2. The third kappa shape index (κ3) is 7.63. The summed E-state index contributed by atoms with van der Waals surface area (Å²) in [4.78, 5) is 46.3. The van der Waals surface area contributed by atoms with Crippen LogP contribution in [0.4, 0.5) is 0 Å². The van der Waals surface area contributed by atoms with Gasteiger partial charge in [0, 0.05) is 23.6 Å². The van der Waals surface area contributed by atoms with Gasteiger partial charge >= 0.3 is 0 Å². The topological polar surface area (TPSA) is 180 Å². The van der Waals surface area contributed by atoms with Crippen LogP contribution in [0.2, 0.25) is 0 Å². The van der Waals surface area contributed by atoms with Crippen molar-refractivity contribution in [2.24, 2.45) is 5.41 Å². The Bertz CT molecular complexity index is 1610. The van der Waals surface area contributed by atoms with Gasteiger partial charge in [-0.05, 0) is 30.4 Å². The van der Waals surface area contributed by atoms with Crippen molar-refractivity contribution < 1.29 is 22.8 Å². The lowest BCUT2D eigenvalue weighted by molar-refractivity contribution is -0.142. The number of tetrazole rings is 1. The number of nitrogens with one attached hydrogen (secondary N) is 3. The number of hydrogen-bond acceptors (Lipinski definition) is 9. The van der Waals surface area contributed by atoms with Crippen LogP contribution in [-0.4, -0.2) is 87.6 Å². The van der Waals surface area contributed by atoms with Gasteiger partial charge in [0.2, 0.25) is 21.7 Å². The van der Waals surface area contributed by atoms with Crippen LogP contribution in [0.5, 0.6) is 0 Å². The molecule has 0 radical (unpaired) electrons. The number of likely N-dealkylation sites (tertiary alicyclic amines) is 1. The standard InChI is InChI=1S/C27H32N8O5S/c1-27(2,3)23(30-24(36)20-12-11-17-8-5-6-9-19(17)29-20)26(38)35-14-7-10-21(35)25(37)28-18(13-15-41(4,39)40)16-22-31-33-34-32-22/h5-6,8-9,11-12,18,21,23H,7,10,14,16H2,1-4H3,(H,28,37)(H,30,36)(H,31,32,33,34)/t18-,21-,23?/m1/s1. The number of rotatable bonds is 7. The van der Waals surface area contributed by atoms with Gasteiger partial charge in [-0.3, -0.25) is 14.4 Å². The van der Waals surface area contributed by atoms with Gasteiger partial charge in [-0.25, -0.2) is 13.4 Å². The third-order valence-corrected chi connectivity index (χ3v) is 7.06. The van der Waals surface area contributed by atoms with E-state index in [9.17, 15) is 22.8 Å². The number of aromatic amines is 1. The maximum atomic E-state index is 13.9. The van der Waals surface area contributed by atoms with Gasteiger partial charge in [0.25, 0.3) is 5.91 Å². The van der Waals surface area contributed by atoms with Crippen LogP contribution in [0, 0.1) is 16.6 Å². The van der Waals surface area contributed by atoms with E-state index in [1.54, 1.807) is 18.2 Å². The van der Waals surface area contributed by atoms with Crippen LogP contribution in [0.25, 0.3) is 10.9 Å². The van der Waals surface area contributed by atoms with E-state index >= 15 is 0 Å². The zero-order chi connectivity index (χ0) is 29.8. The summed E-state index contributed by atoms with van der Waals surface area (Å²) in [6.45, 7) is 5.81. The van der Waals surface area contributed by atoms with E-state index in [-0.39, 0.29) is 17.9 Å². The molecule has 3 aromatic rings. The largest absolute Gasteiger partial charge is 0.340 e. The molecule has 1 aromatic carbocycles. The van der Waals surface area contributed by atoms with Crippen molar-refractivity contribution in [3.63, 3.8) is 0 Å². The average Bonchev–Trinajstić information content (AvgIpc) is 3.61. The summed E-state index contributed by atoms with van der Waals surface area (Å²) in [6, 6.07) is 8.08. The monoisotopic (exact) mass is 580 g/mol. The highest BCUT2D eigenvalue weighted by Gasteiger charge is 2.42. The molecule has 3 amide bonds. The summed E-state index contributed by atoms with van der Waals surface area (Å²) in [5.41, 5.74) is 0.148. The molecule has 14 heteroatoms. The Morgan fingerprint density at radius 2 is 1.90 bits per heavy atom. The zero-order valence-electron chi connectivity index (χ0n) is 23.2. The normalized spacial score (nSPS) is 16.9. The molecule has 3 heterocycles. The number of benzene rings is 1. The molecule has 0 saturated carbocycles. The second-order valence-electron chi connectivity index (χ2n) is 11.0. The lowest BCUT2D eigenvalue weighted by atomic mass is 9.85. The number of sulfone groups is 1. The third-order valence-electron chi connectivity index (χ3n) is 6.57. The van der Waals surface area contributed by atoms with E-state index in [0.717, 1.165) is 11.6 Å². The highest BCUT2D eigenvalue weighted by molar-refractivity contribution is 7.95. The van der Waals surface area contributed by atoms with Gasteiger partial charge in [-0.2, -0.15) is 5.21 Å². The van der Waals surface area contributed by atoms with E-state index in [0.29, 0.717) is 24.9 Å². The quantitative estimate of drug-likeness (QED) is 0.267. The molecule has 3 atom stereocenters. The molecule has 4 rings (SSSR count). The number of para-hydroxylation sites is 1. The van der Waals surface area contributed by atoms with Gasteiger partial charge in [-0.15, -0.1) is 10.2 Å². The molecule has 13 nitrogen and oxygen atoms in total. The molecule has 1 fully saturated rings. The Hall–Kier alpha value is -4.38. The predicted octanol–water partition coefficient (Wildman–Crippen LogP) is 0.616. The van der Waals surface area contributed by atoms with Gasteiger partial charge < -0.3 is 15.5 Å². The minimum Gasteiger partial charge on any atom is -0.340 e. The smallest absolute Gasteiger partial charge is 0.270 e. The number of hydrogen-bond donors (Lipinski definition) is 3. The molecule has 3 N–H and O–H groups in total. The van der Waals surface area contributed by atoms with Crippen molar-refractivity contribution in [2.45, 2.75) is 58.2 Å². The molecule has 0 aliphatic carbocycles. The van der Waals surface area contributed by atoms with Gasteiger partial charge in [0.1, 0.15) is 17.8 Å². The SMILES string of the molecule is CC(C)(C)C(NC(=O)c1ccc2ccccc2n1)C(=O)N1CCC[C@@H]1C(=O)N[C@H](C#CS(C)(=O)=O)Cc1nn[nH]n1. The molecule has 1 aliphatic heterocycles. The fourth-order valence-electron chi connectivity index (χ4n) is 4.55. The first-order valence-electron chi connectivity index (χ1n) is 13.0. The van der Waals surface area contributed by atoms with Crippen molar-refractivity contribution in [3.05, 3.63) is 47.9 Å². The minimum absolute atomic E-state index is 0.00482. The Morgan fingerprint density at radius 3 is 2.59 bits per heavy atom. The molecule has 1 saturated heterocycles. The van der Waals surface area contributed by atoms with Gasteiger partial charge in [0.15, 0.2) is 5.82 Å². The lowest BCUT2D eigenvalue weighted by Crippen LogP contribution is -2.58. The zero-order valence-corrected chi connectivity index (χ0v) is 24.0. The first-order chi connectivity index (χ1) is 19.3. The number of carbonyl (C=O) groups excluding carboxylic acids is 3. The predicted molar refractivity (Wildman–Crippen MR) is 150 cm³/mol. The van der Waals surface area contributed by atoms with E-state index in [2.05, 4.69) is 47.4 Å². The molecular weight excluding hydrogens is 548 g/mol. The van der Waals surface area contributed by atoms with Crippen molar-refractivity contribution in [3.8, 4) is 11.2 Å². The lowest BCUT2D eigenvalue weighted by Gasteiger charge is -2.35. The van der Waals surface area contributed by atoms with E-state index in [1.807, 2.05) is 39.0 Å². The summed E-state index contributed by atoms with van der Waals surface area (Å²) in [5.74, 6) is 1.37. The van der Waals surface area contributed by atoms with Crippen molar-refractivity contribution >= 4 is 38.5 Å². The Labute approximate surface area is 237 Å². The summed E-state index contributed by atoms with van der Waals surface area (Å²) in [6.07, 6.45) is 1.93. The average molecular weight is 581 g/mol. The Morgan fingerprint density at radius 1 is 1.15 bits per heavy atom. The van der Waals surface area contributed by atoms with E-state index in [1.165, 1.54) is 4.90 Å². The molecule has 0 spiro atoms. The molecular formula is C27H32N8O5S. The Balaban J connectivity index is 1.52. The number of H-pyrrole nitrogens is 1. The molecule has 1 unspecified atom stereocenters. The second kappa shape index (κ2) is 12.0. The number of aromatic nitrogens is 5. The highest BCUT2D eigenvalue weighted by Crippen LogP contribution is 2.26. The number of nitrogens with zero attached hydrogens (tertiary/aromatic N) is 5. The van der Waals surface area contributed by atoms with Crippen LogP contribution in [0.15, 0.2) is 36.4 Å². The summed E-state index contributed by atoms with van der Waals surface area (Å²) in [7, 11) is -3.64. The maximum Gasteiger partial charge on any atom is 0.270 e. The van der Waals surface area contributed by atoms with Gasteiger partial charge in [0.05, 0.1) is 17.8 Å². The fourth-order valence-corrected chi connectivity index (χ4v) is 4.91. The summed E-state index contributed by atoms with van der Waals surface area (Å²) in [5, 5.41) is 22.0. The maximum absolute atomic E-state index is 13.9. The van der Waals surface area contributed by atoms with Crippen LogP contribution in [-0.2, 0) is 25.8 Å². The molecule has 1 aliphatic rings. The fraction of sp³-hybridized carbons (Fsp3) is 0.444. The van der Waals surface area contributed by atoms with Crippen molar-refractivity contribution in [1.82, 2.24) is 41.1 Å². The van der Waals surface area contributed by atoms with Gasteiger partial charge in [-0.1, -0.05) is 56.2 Å². The van der Waals surface area contributed by atoms with Crippen LogP contribution in [0.3, 0.4) is 0 Å². The number of carbonyl (C=O) groups is 3. The summed E-state index contributed by atoms with van der Waals surface area (Å²) >= 11 is 0. The van der Waals surface area contributed by atoms with E-state index in [4.69, 9.17) is 0 Å². The summed E-state index contributed by atoms with van der Waals surface area (Å²) < 4.78 is 23.2. The number of fused-ring (bicyclic) bond motifs is 1. The molecule has 0 bridgehead atoms. The first-order valence-corrected chi connectivity index (χ1v) is 14.9. The number of pyridine rings is 1. The van der Waals surface area contributed by atoms with Crippen molar-refractivity contribution in [1.29, 1.82) is 0 Å². The Kier molecular flexibility index (Phi) is 8.67. The van der Waals surface area contributed by atoms with Crippen LogP contribution < -0.4 is 10.6 Å².